The first kappa shape index (κ1) is 10.9. The topological polar surface area (TPSA) is 19.4 Å². The third-order valence-electron chi connectivity index (χ3n) is 2.88. The van der Waals surface area contributed by atoms with Crippen LogP contribution in [0.1, 0.15) is 6.92 Å². The van der Waals surface area contributed by atoms with Crippen LogP contribution >= 0.6 is 0 Å². The molecule has 0 amide bonds. The van der Waals surface area contributed by atoms with Gasteiger partial charge in [-0.1, -0.05) is 6.58 Å². The van der Waals surface area contributed by atoms with E-state index in [2.05, 4.69) is 21.4 Å². The predicted octanol–water partition coefficient (Wildman–Crippen LogP) is 1.88. The Morgan fingerprint density at radius 1 is 1.31 bits per heavy atom. The molecule has 1 fully saturated rings. The number of pyridine rings is 1. The third kappa shape index (κ3) is 2.32. The fourth-order valence-corrected chi connectivity index (χ4v) is 1.92. The molecule has 0 saturated carbocycles. The molecule has 0 atom stereocenters. The molecule has 2 rings (SSSR count). The number of halogens is 1. The van der Waals surface area contributed by atoms with Crippen LogP contribution in [0, 0.1) is 5.82 Å². The summed E-state index contributed by atoms with van der Waals surface area (Å²) in [5.74, 6) is -0.278. The number of hydrogen-bond acceptors (Lipinski definition) is 3. The molecule has 0 bridgehead atoms. The fraction of sp³-hybridized carbons (Fsp3) is 0.417. The van der Waals surface area contributed by atoms with Crippen LogP contribution in [0.3, 0.4) is 0 Å². The van der Waals surface area contributed by atoms with Crippen molar-refractivity contribution in [1.29, 1.82) is 0 Å². The van der Waals surface area contributed by atoms with Gasteiger partial charge in [0.25, 0.3) is 0 Å². The van der Waals surface area contributed by atoms with E-state index in [0.717, 1.165) is 37.6 Å². The molecule has 0 aliphatic carbocycles. The van der Waals surface area contributed by atoms with E-state index in [1.54, 1.807) is 6.20 Å². The summed E-state index contributed by atoms with van der Waals surface area (Å²) in [6.45, 7) is 9.59. The lowest BCUT2D eigenvalue weighted by molar-refractivity contribution is 0.323. The van der Waals surface area contributed by atoms with E-state index in [4.69, 9.17) is 0 Å². The monoisotopic (exact) mass is 221 g/mol. The average Bonchev–Trinajstić information content (AvgIpc) is 2.29. The highest BCUT2D eigenvalue weighted by molar-refractivity contribution is 5.44. The Kier molecular flexibility index (Phi) is 3.08. The molecule has 2 heterocycles. The lowest BCUT2D eigenvalue weighted by atomic mass is 10.2. The molecule has 1 aromatic rings. The predicted molar refractivity (Wildman–Crippen MR) is 62.8 cm³/mol. The normalized spacial score (nSPS) is 16.4. The smallest absolute Gasteiger partial charge is 0.143 e. The quantitative estimate of drug-likeness (QED) is 0.760. The first-order valence-electron chi connectivity index (χ1n) is 5.43. The van der Waals surface area contributed by atoms with E-state index in [1.807, 2.05) is 6.92 Å². The SMILES string of the molecule is C=C(C)N1CCN(c2cncc(F)c2)CC1. The van der Waals surface area contributed by atoms with Gasteiger partial charge in [0.1, 0.15) is 5.82 Å². The van der Waals surface area contributed by atoms with Crippen molar-refractivity contribution in [2.45, 2.75) is 6.92 Å². The van der Waals surface area contributed by atoms with E-state index in [1.165, 1.54) is 12.3 Å². The van der Waals surface area contributed by atoms with E-state index >= 15 is 0 Å². The minimum Gasteiger partial charge on any atom is -0.372 e. The summed E-state index contributed by atoms with van der Waals surface area (Å²) >= 11 is 0. The highest BCUT2D eigenvalue weighted by Crippen LogP contribution is 2.17. The third-order valence-corrected chi connectivity index (χ3v) is 2.88. The Morgan fingerprint density at radius 2 is 2.00 bits per heavy atom. The molecule has 86 valence electrons. The van der Waals surface area contributed by atoms with Gasteiger partial charge in [-0.3, -0.25) is 4.98 Å². The highest BCUT2D eigenvalue weighted by Gasteiger charge is 2.16. The molecular weight excluding hydrogens is 205 g/mol. The lowest BCUT2D eigenvalue weighted by Gasteiger charge is -2.37. The van der Waals surface area contributed by atoms with E-state index in [9.17, 15) is 4.39 Å². The zero-order chi connectivity index (χ0) is 11.5. The molecule has 0 unspecified atom stereocenters. The molecule has 0 radical (unpaired) electrons. The van der Waals surface area contributed by atoms with Crippen LogP contribution in [0.5, 0.6) is 0 Å². The van der Waals surface area contributed by atoms with Gasteiger partial charge in [-0.25, -0.2) is 4.39 Å². The second kappa shape index (κ2) is 4.51. The van der Waals surface area contributed by atoms with Crippen LogP contribution in [0.4, 0.5) is 10.1 Å². The average molecular weight is 221 g/mol. The zero-order valence-electron chi connectivity index (χ0n) is 9.49. The van der Waals surface area contributed by atoms with Crippen LogP contribution in [-0.2, 0) is 0 Å². The summed E-state index contributed by atoms with van der Waals surface area (Å²) in [6, 6.07) is 1.53. The molecule has 3 nitrogen and oxygen atoms in total. The van der Waals surface area contributed by atoms with Crippen molar-refractivity contribution in [2.24, 2.45) is 0 Å². The Morgan fingerprint density at radius 3 is 2.56 bits per heavy atom. The first-order chi connectivity index (χ1) is 7.66. The Hall–Kier alpha value is -1.58. The van der Waals surface area contributed by atoms with Gasteiger partial charge in [0.2, 0.25) is 0 Å². The number of aromatic nitrogens is 1. The van der Waals surface area contributed by atoms with Crippen molar-refractivity contribution in [3.8, 4) is 0 Å². The molecule has 1 aliphatic heterocycles. The number of hydrogen-bond donors (Lipinski definition) is 0. The summed E-state index contributed by atoms with van der Waals surface area (Å²) < 4.78 is 13.0. The van der Waals surface area contributed by atoms with Crippen LogP contribution in [0.2, 0.25) is 0 Å². The van der Waals surface area contributed by atoms with E-state index < -0.39 is 0 Å². The van der Waals surface area contributed by atoms with Gasteiger partial charge in [-0.05, 0) is 6.92 Å². The largest absolute Gasteiger partial charge is 0.372 e. The number of allylic oxidation sites excluding steroid dienone is 1. The maximum Gasteiger partial charge on any atom is 0.143 e. The lowest BCUT2D eigenvalue weighted by Crippen LogP contribution is -2.45. The molecular formula is C12H16FN3. The van der Waals surface area contributed by atoms with Crippen LogP contribution in [0.25, 0.3) is 0 Å². The molecule has 0 spiro atoms. The standard InChI is InChI=1S/C12H16FN3/c1-10(2)15-3-5-16(6-4-15)12-7-11(13)8-14-9-12/h7-9H,1,3-6H2,2H3. The summed E-state index contributed by atoms with van der Waals surface area (Å²) in [6.07, 6.45) is 2.94. The Labute approximate surface area is 95.2 Å². The van der Waals surface area contributed by atoms with Gasteiger partial charge in [0, 0.05) is 37.9 Å². The molecule has 1 saturated heterocycles. The maximum atomic E-state index is 13.0. The summed E-state index contributed by atoms with van der Waals surface area (Å²) in [5, 5.41) is 0. The minimum absolute atomic E-state index is 0.278. The molecule has 16 heavy (non-hydrogen) atoms. The van der Waals surface area contributed by atoms with Crippen molar-refractivity contribution in [1.82, 2.24) is 9.88 Å². The number of piperazine rings is 1. The van der Waals surface area contributed by atoms with Crippen LogP contribution in [-0.4, -0.2) is 36.1 Å². The van der Waals surface area contributed by atoms with Crippen molar-refractivity contribution in [3.05, 3.63) is 36.6 Å². The van der Waals surface area contributed by atoms with Gasteiger partial charge >= 0.3 is 0 Å². The highest BCUT2D eigenvalue weighted by atomic mass is 19.1. The van der Waals surface area contributed by atoms with Crippen molar-refractivity contribution in [3.63, 3.8) is 0 Å². The summed E-state index contributed by atoms with van der Waals surface area (Å²) in [7, 11) is 0. The number of nitrogens with zero attached hydrogens (tertiary/aromatic N) is 3. The van der Waals surface area contributed by atoms with Gasteiger partial charge < -0.3 is 9.80 Å². The summed E-state index contributed by atoms with van der Waals surface area (Å²) in [5.41, 5.74) is 1.96. The van der Waals surface area contributed by atoms with Gasteiger partial charge in [-0.2, -0.15) is 0 Å². The van der Waals surface area contributed by atoms with E-state index in [-0.39, 0.29) is 5.82 Å². The fourth-order valence-electron chi connectivity index (χ4n) is 1.92. The van der Waals surface area contributed by atoms with Gasteiger partial charge in [0.15, 0.2) is 0 Å². The molecule has 0 aromatic carbocycles. The zero-order valence-corrected chi connectivity index (χ0v) is 9.49. The van der Waals surface area contributed by atoms with Crippen molar-refractivity contribution < 1.29 is 4.39 Å². The molecule has 0 N–H and O–H groups in total. The maximum absolute atomic E-state index is 13.0. The second-order valence-electron chi connectivity index (χ2n) is 4.07. The van der Waals surface area contributed by atoms with Crippen LogP contribution in [0.15, 0.2) is 30.7 Å². The van der Waals surface area contributed by atoms with E-state index in [0.29, 0.717) is 0 Å². The van der Waals surface area contributed by atoms with Crippen molar-refractivity contribution >= 4 is 5.69 Å². The second-order valence-corrected chi connectivity index (χ2v) is 4.07. The molecule has 1 aliphatic rings. The Bertz CT molecular complexity index is 384. The van der Waals surface area contributed by atoms with Crippen LogP contribution < -0.4 is 4.90 Å². The minimum atomic E-state index is -0.278. The number of anilines is 1. The first-order valence-corrected chi connectivity index (χ1v) is 5.43. The Balaban J connectivity index is 2.01. The number of rotatable bonds is 2. The molecule has 4 heteroatoms. The summed E-state index contributed by atoms with van der Waals surface area (Å²) in [4.78, 5) is 8.25. The van der Waals surface area contributed by atoms with Gasteiger partial charge in [-0.15, -0.1) is 0 Å². The van der Waals surface area contributed by atoms with Gasteiger partial charge in [0.05, 0.1) is 18.1 Å². The molecule has 1 aromatic heterocycles. The van der Waals surface area contributed by atoms with Crippen molar-refractivity contribution in [2.75, 3.05) is 31.1 Å².